The fourth-order valence-corrected chi connectivity index (χ4v) is 3.25. The fourth-order valence-electron chi connectivity index (χ4n) is 3.25. The van der Waals surface area contributed by atoms with E-state index in [2.05, 4.69) is 15.2 Å². The molecule has 1 atom stereocenters. The van der Waals surface area contributed by atoms with Crippen molar-refractivity contribution in [3.8, 4) is 0 Å². The number of anilines is 1. The number of carbonyl (C=O) groups is 1. The second kappa shape index (κ2) is 7.77. The minimum atomic E-state index is 0.0322. The van der Waals surface area contributed by atoms with Gasteiger partial charge in [-0.25, -0.2) is 4.98 Å². The number of nitrogens with one attached hydrogen (secondary N) is 1. The Bertz CT molecular complexity index is 531. The van der Waals surface area contributed by atoms with Crippen molar-refractivity contribution in [3.63, 3.8) is 0 Å². The van der Waals surface area contributed by atoms with Crippen molar-refractivity contribution < 1.29 is 9.53 Å². The van der Waals surface area contributed by atoms with E-state index in [4.69, 9.17) is 4.74 Å². The minimum Gasteiger partial charge on any atom is -0.385 e. The lowest BCUT2D eigenvalue weighted by atomic mass is 9.93. The molecule has 3 rings (SSSR count). The number of hydrogen-bond acceptors (Lipinski definition) is 4. The summed E-state index contributed by atoms with van der Waals surface area (Å²) in [6.07, 6.45) is 8.77. The summed E-state index contributed by atoms with van der Waals surface area (Å²) in [7, 11) is 1.76. The van der Waals surface area contributed by atoms with Gasteiger partial charge in [-0.15, -0.1) is 0 Å². The molecule has 126 valence electrons. The Kier molecular flexibility index (Phi) is 5.49. The largest absolute Gasteiger partial charge is 0.385 e. The van der Waals surface area contributed by atoms with Crippen LogP contribution in [0.2, 0.25) is 0 Å². The summed E-state index contributed by atoms with van der Waals surface area (Å²) >= 11 is 0. The van der Waals surface area contributed by atoms with Crippen molar-refractivity contribution in [1.82, 2.24) is 10.3 Å². The molecule has 1 N–H and O–H groups in total. The first kappa shape index (κ1) is 16.2. The molecule has 0 radical (unpaired) electrons. The zero-order valence-electron chi connectivity index (χ0n) is 14.0. The number of rotatable bonds is 7. The molecule has 0 spiro atoms. The van der Waals surface area contributed by atoms with E-state index >= 15 is 0 Å². The molecule has 2 heterocycles. The predicted molar refractivity (Wildman–Crippen MR) is 90.8 cm³/mol. The third-order valence-electron chi connectivity index (χ3n) is 4.72. The molecule has 1 aliphatic heterocycles. The van der Waals surface area contributed by atoms with Crippen LogP contribution in [0.3, 0.4) is 0 Å². The maximum absolute atomic E-state index is 12.2. The van der Waals surface area contributed by atoms with Gasteiger partial charge in [-0.2, -0.15) is 0 Å². The van der Waals surface area contributed by atoms with Gasteiger partial charge in [0, 0.05) is 44.6 Å². The number of methoxy groups -OCH3 is 1. The second-order valence-corrected chi connectivity index (χ2v) is 6.74. The Morgan fingerprint density at radius 2 is 2.30 bits per heavy atom. The summed E-state index contributed by atoms with van der Waals surface area (Å²) in [5.41, 5.74) is 0.725. The second-order valence-electron chi connectivity index (χ2n) is 6.74. The van der Waals surface area contributed by atoms with E-state index in [1.54, 1.807) is 19.4 Å². The van der Waals surface area contributed by atoms with E-state index in [0.717, 1.165) is 50.3 Å². The summed E-state index contributed by atoms with van der Waals surface area (Å²) in [6.45, 7) is 2.90. The summed E-state index contributed by atoms with van der Waals surface area (Å²) < 4.78 is 5.15. The number of aromatic nitrogens is 1. The first-order valence-corrected chi connectivity index (χ1v) is 8.77. The van der Waals surface area contributed by atoms with Crippen LogP contribution in [0.25, 0.3) is 0 Å². The number of pyridine rings is 1. The molecular formula is C18H27N3O2. The molecule has 1 amide bonds. The molecule has 2 fully saturated rings. The molecule has 23 heavy (non-hydrogen) atoms. The third-order valence-corrected chi connectivity index (χ3v) is 4.72. The third kappa shape index (κ3) is 4.67. The van der Waals surface area contributed by atoms with Gasteiger partial charge in [0.2, 0.25) is 0 Å². The summed E-state index contributed by atoms with van der Waals surface area (Å²) in [5.74, 6) is 1.67. The Morgan fingerprint density at radius 1 is 1.43 bits per heavy atom. The standard InChI is InChI=1S/C18H27N3O2/c1-23-11-3-5-14-4-2-10-21(13-14)17-12-15(8-9-19-17)18(22)20-16-6-7-16/h8-9,12,14,16H,2-7,10-11,13H2,1H3,(H,20,22)/t14-/m1/s1. The Morgan fingerprint density at radius 3 is 3.09 bits per heavy atom. The van der Waals surface area contributed by atoms with E-state index in [-0.39, 0.29) is 5.91 Å². The molecule has 1 aromatic heterocycles. The van der Waals surface area contributed by atoms with Crippen LogP contribution in [0.1, 0.15) is 48.9 Å². The molecule has 1 saturated carbocycles. The topological polar surface area (TPSA) is 54.5 Å². The Hall–Kier alpha value is -1.62. The van der Waals surface area contributed by atoms with Crippen LogP contribution in [-0.2, 0) is 4.74 Å². The molecular weight excluding hydrogens is 290 g/mol. The van der Waals surface area contributed by atoms with Crippen molar-refractivity contribution in [2.24, 2.45) is 5.92 Å². The first-order chi connectivity index (χ1) is 11.3. The van der Waals surface area contributed by atoms with Crippen LogP contribution >= 0.6 is 0 Å². The van der Waals surface area contributed by atoms with Gasteiger partial charge >= 0.3 is 0 Å². The fraction of sp³-hybridized carbons (Fsp3) is 0.667. The predicted octanol–water partition coefficient (Wildman–Crippen LogP) is 2.62. The first-order valence-electron chi connectivity index (χ1n) is 8.77. The van der Waals surface area contributed by atoms with Crippen LogP contribution in [0.15, 0.2) is 18.3 Å². The van der Waals surface area contributed by atoms with Crippen LogP contribution in [0.5, 0.6) is 0 Å². The lowest BCUT2D eigenvalue weighted by Crippen LogP contribution is -2.36. The summed E-state index contributed by atoms with van der Waals surface area (Å²) in [4.78, 5) is 19.0. The Labute approximate surface area is 138 Å². The van der Waals surface area contributed by atoms with Gasteiger partial charge < -0.3 is 15.0 Å². The normalized spacial score (nSPS) is 21.3. The van der Waals surface area contributed by atoms with Crippen molar-refractivity contribution in [1.29, 1.82) is 0 Å². The van der Waals surface area contributed by atoms with Gasteiger partial charge in [0.05, 0.1) is 0 Å². The SMILES string of the molecule is COCCC[C@H]1CCCN(c2cc(C(=O)NC3CC3)ccn2)C1. The van der Waals surface area contributed by atoms with Gasteiger partial charge in [0.15, 0.2) is 0 Å². The lowest BCUT2D eigenvalue weighted by molar-refractivity contribution is 0.0951. The summed E-state index contributed by atoms with van der Waals surface area (Å²) in [6, 6.07) is 4.13. The van der Waals surface area contributed by atoms with Crippen LogP contribution in [0.4, 0.5) is 5.82 Å². The highest BCUT2D eigenvalue weighted by molar-refractivity contribution is 5.95. The highest BCUT2D eigenvalue weighted by Gasteiger charge is 2.25. The summed E-state index contributed by atoms with van der Waals surface area (Å²) in [5, 5.41) is 3.04. The van der Waals surface area contributed by atoms with Crippen molar-refractivity contribution in [2.45, 2.75) is 44.6 Å². The van der Waals surface area contributed by atoms with Crippen molar-refractivity contribution >= 4 is 11.7 Å². The lowest BCUT2D eigenvalue weighted by Gasteiger charge is -2.33. The van der Waals surface area contributed by atoms with Crippen LogP contribution < -0.4 is 10.2 Å². The van der Waals surface area contributed by atoms with Gasteiger partial charge in [0.25, 0.3) is 5.91 Å². The molecule has 0 bridgehead atoms. The molecule has 1 aliphatic carbocycles. The average Bonchev–Trinajstić information content (AvgIpc) is 3.39. The highest BCUT2D eigenvalue weighted by Crippen LogP contribution is 2.25. The number of carbonyl (C=O) groups excluding carboxylic acids is 1. The van der Waals surface area contributed by atoms with Crippen LogP contribution in [-0.4, -0.2) is 43.7 Å². The van der Waals surface area contributed by atoms with Crippen LogP contribution in [0, 0.1) is 5.92 Å². The molecule has 1 aromatic rings. The zero-order valence-corrected chi connectivity index (χ0v) is 14.0. The molecule has 0 aromatic carbocycles. The monoisotopic (exact) mass is 317 g/mol. The molecule has 1 saturated heterocycles. The quantitative estimate of drug-likeness (QED) is 0.786. The number of piperidine rings is 1. The van der Waals surface area contributed by atoms with E-state index in [9.17, 15) is 4.79 Å². The number of hydrogen-bond donors (Lipinski definition) is 1. The van der Waals surface area contributed by atoms with Gasteiger partial charge in [-0.05, 0) is 56.6 Å². The zero-order chi connectivity index (χ0) is 16.1. The number of ether oxygens (including phenoxy) is 1. The molecule has 0 unspecified atom stereocenters. The Balaban J connectivity index is 1.60. The van der Waals surface area contributed by atoms with Crippen molar-refractivity contribution in [3.05, 3.63) is 23.9 Å². The van der Waals surface area contributed by atoms with Crippen molar-refractivity contribution in [2.75, 3.05) is 31.7 Å². The van der Waals surface area contributed by atoms with E-state index in [1.807, 2.05) is 6.07 Å². The van der Waals surface area contributed by atoms with Gasteiger partial charge in [-0.3, -0.25) is 4.79 Å². The average molecular weight is 317 g/mol. The molecule has 5 nitrogen and oxygen atoms in total. The van der Waals surface area contributed by atoms with E-state index in [1.165, 1.54) is 19.3 Å². The minimum absolute atomic E-state index is 0.0322. The maximum Gasteiger partial charge on any atom is 0.251 e. The van der Waals surface area contributed by atoms with Gasteiger partial charge in [-0.1, -0.05) is 0 Å². The highest BCUT2D eigenvalue weighted by atomic mass is 16.5. The van der Waals surface area contributed by atoms with E-state index < -0.39 is 0 Å². The smallest absolute Gasteiger partial charge is 0.251 e. The van der Waals surface area contributed by atoms with Gasteiger partial charge in [0.1, 0.15) is 5.82 Å². The molecule has 5 heteroatoms. The maximum atomic E-state index is 12.2. The number of amides is 1. The molecule has 2 aliphatic rings. The number of nitrogens with zero attached hydrogens (tertiary/aromatic N) is 2. The van der Waals surface area contributed by atoms with E-state index in [0.29, 0.717) is 12.0 Å².